The van der Waals surface area contributed by atoms with E-state index < -0.39 is 10.0 Å². The molecule has 0 fully saturated rings. The van der Waals surface area contributed by atoms with Crippen LogP contribution in [-0.2, 0) is 21.2 Å². The minimum atomic E-state index is -3.76. The van der Waals surface area contributed by atoms with E-state index in [0.717, 1.165) is 17.7 Å². The first-order valence-electron chi connectivity index (χ1n) is 7.96. The Kier molecular flexibility index (Phi) is 4.78. The molecule has 2 aromatic carbocycles. The molecule has 0 saturated heterocycles. The second-order valence-electron chi connectivity index (χ2n) is 5.95. The molecule has 0 spiro atoms. The normalized spacial score (nSPS) is 16.6. The monoisotopic (exact) mass is 360 g/mol. The Balaban J connectivity index is 1.71. The maximum absolute atomic E-state index is 12.6. The lowest BCUT2D eigenvalue weighted by Gasteiger charge is -2.23. The molecule has 25 heavy (non-hydrogen) atoms. The van der Waals surface area contributed by atoms with Crippen molar-refractivity contribution in [3.05, 3.63) is 54.1 Å². The molecule has 1 atom stereocenters. The highest BCUT2D eigenvalue weighted by Gasteiger charge is 2.31. The molecule has 132 valence electrons. The van der Waals surface area contributed by atoms with Crippen LogP contribution in [0.3, 0.4) is 0 Å². The highest BCUT2D eigenvalue weighted by molar-refractivity contribution is 7.89. The SMILES string of the molecule is COc1ccc(S(=O)(=O)NCC(=O)N2c3ccccc3CC2C)cc1. The number of nitrogens with zero attached hydrogens (tertiary/aromatic N) is 1. The molecule has 1 aliphatic heterocycles. The van der Waals surface area contributed by atoms with Crippen LogP contribution in [0.4, 0.5) is 5.69 Å². The Morgan fingerprint density at radius 2 is 1.88 bits per heavy atom. The van der Waals surface area contributed by atoms with Gasteiger partial charge in [-0.25, -0.2) is 13.1 Å². The molecule has 1 amide bonds. The molecule has 0 saturated carbocycles. The number of fused-ring (bicyclic) bond motifs is 1. The van der Waals surface area contributed by atoms with E-state index in [0.29, 0.717) is 5.75 Å². The summed E-state index contributed by atoms with van der Waals surface area (Å²) in [5.74, 6) is 0.298. The molecular formula is C18H20N2O4S. The van der Waals surface area contributed by atoms with Gasteiger partial charge < -0.3 is 9.64 Å². The average molecular weight is 360 g/mol. The summed E-state index contributed by atoms with van der Waals surface area (Å²) in [5.41, 5.74) is 1.95. The lowest BCUT2D eigenvalue weighted by Crippen LogP contribution is -2.43. The molecule has 0 bridgehead atoms. The third-order valence-electron chi connectivity index (χ3n) is 4.26. The summed E-state index contributed by atoms with van der Waals surface area (Å²) < 4.78 is 32.1. The summed E-state index contributed by atoms with van der Waals surface area (Å²) in [5, 5.41) is 0. The van der Waals surface area contributed by atoms with Crippen molar-refractivity contribution in [3.8, 4) is 5.75 Å². The maximum atomic E-state index is 12.6. The largest absolute Gasteiger partial charge is 0.497 e. The van der Waals surface area contributed by atoms with Gasteiger partial charge in [-0.15, -0.1) is 0 Å². The Morgan fingerprint density at radius 3 is 2.56 bits per heavy atom. The highest BCUT2D eigenvalue weighted by atomic mass is 32.2. The van der Waals surface area contributed by atoms with Crippen LogP contribution < -0.4 is 14.4 Å². The number of anilines is 1. The topological polar surface area (TPSA) is 75.7 Å². The maximum Gasteiger partial charge on any atom is 0.242 e. The van der Waals surface area contributed by atoms with E-state index >= 15 is 0 Å². The number of carbonyl (C=O) groups is 1. The smallest absolute Gasteiger partial charge is 0.242 e. The number of methoxy groups -OCH3 is 1. The van der Waals surface area contributed by atoms with Gasteiger partial charge in [-0.3, -0.25) is 4.79 Å². The van der Waals surface area contributed by atoms with Crippen LogP contribution in [0.25, 0.3) is 0 Å². The van der Waals surface area contributed by atoms with E-state index in [1.165, 1.54) is 19.2 Å². The van der Waals surface area contributed by atoms with Crippen LogP contribution in [0.15, 0.2) is 53.4 Å². The van der Waals surface area contributed by atoms with E-state index in [1.54, 1.807) is 17.0 Å². The van der Waals surface area contributed by atoms with E-state index in [2.05, 4.69) is 4.72 Å². The fourth-order valence-electron chi connectivity index (χ4n) is 3.03. The molecule has 1 heterocycles. The van der Waals surface area contributed by atoms with Gasteiger partial charge in [0.1, 0.15) is 5.75 Å². The quantitative estimate of drug-likeness (QED) is 0.884. The summed E-state index contributed by atoms with van der Waals surface area (Å²) >= 11 is 0. The zero-order chi connectivity index (χ0) is 18.0. The van der Waals surface area contributed by atoms with Crippen LogP contribution in [0.5, 0.6) is 5.75 Å². The molecule has 0 radical (unpaired) electrons. The number of benzene rings is 2. The predicted molar refractivity (Wildman–Crippen MR) is 95.3 cm³/mol. The van der Waals surface area contributed by atoms with Gasteiger partial charge in [0.15, 0.2) is 0 Å². The minimum Gasteiger partial charge on any atom is -0.497 e. The molecule has 3 rings (SSSR count). The zero-order valence-electron chi connectivity index (χ0n) is 14.1. The number of hydrogen-bond donors (Lipinski definition) is 1. The fourth-order valence-corrected chi connectivity index (χ4v) is 4.00. The van der Waals surface area contributed by atoms with Crippen LogP contribution >= 0.6 is 0 Å². The lowest BCUT2D eigenvalue weighted by atomic mass is 10.1. The number of para-hydroxylation sites is 1. The van der Waals surface area contributed by atoms with Crippen molar-refractivity contribution >= 4 is 21.6 Å². The predicted octanol–water partition coefficient (Wildman–Crippen LogP) is 1.95. The summed E-state index contributed by atoms with van der Waals surface area (Å²) in [7, 11) is -2.25. The van der Waals surface area contributed by atoms with Crippen molar-refractivity contribution in [1.29, 1.82) is 0 Å². The second kappa shape index (κ2) is 6.85. The molecule has 6 nitrogen and oxygen atoms in total. The van der Waals surface area contributed by atoms with Gasteiger partial charge in [0.2, 0.25) is 15.9 Å². The van der Waals surface area contributed by atoms with E-state index in [4.69, 9.17) is 4.74 Å². The lowest BCUT2D eigenvalue weighted by molar-refractivity contribution is -0.117. The van der Waals surface area contributed by atoms with Gasteiger partial charge in [0.05, 0.1) is 18.6 Å². The van der Waals surface area contributed by atoms with Crippen LogP contribution in [-0.4, -0.2) is 34.0 Å². The van der Waals surface area contributed by atoms with Gasteiger partial charge in [-0.2, -0.15) is 0 Å². The van der Waals surface area contributed by atoms with E-state index in [1.807, 2.05) is 31.2 Å². The third-order valence-corrected chi connectivity index (χ3v) is 5.68. The van der Waals surface area contributed by atoms with E-state index in [-0.39, 0.29) is 23.4 Å². The Hall–Kier alpha value is -2.38. The zero-order valence-corrected chi connectivity index (χ0v) is 14.9. The molecule has 7 heteroatoms. The standard InChI is InChI=1S/C18H20N2O4S/c1-13-11-14-5-3-4-6-17(14)20(13)18(21)12-19-25(22,23)16-9-7-15(24-2)8-10-16/h3-10,13,19H,11-12H2,1-2H3. The molecule has 1 aliphatic rings. The Bertz CT molecular complexity index is 878. The molecular weight excluding hydrogens is 340 g/mol. The van der Waals surface area contributed by atoms with Crippen molar-refractivity contribution in [1.82, 2.24) is 4.72 Å². The first kappa shape index (κ1) is 17.4. The summed E-state index contributed by atoms with van der Waals surface area (Å²) in [6, 6.07) is 13.7. The number of nitrogens with one attached hydrogen (secondary N) is 1. The van der Waals surface area contributed by atoms with Crippen LogP contribution in [0.1, 0.15) is 12.5 Å². The molecule has 1 N–H and O–H groups in total. The van der Waals surface area contributed by atoms with Gasteiger partial charge in [0.25, 0.3) is 0 Å². The number of ether oxygens (including phenoxy) is 1. The highest BCUT2D eigenvalue weighted by Crippen LogP contribution is 2.31. The first-order chi connectivity index (χ1) is 11.9. The first-order valence-corrected chi connectivity index (χ1v) is 9.44. The van der Waals surface area contributed by atoms with Crippen molar-refractivity contribution in [2.24, 2.45) is 0 Å². The van der Waals surface area contributed by atoms with Crippen molar-refractivity contribution in [3.63, 3.8) is 0 Å². The van der Waals surface area contributed by atoms with Gasteiger partial charge >= 0.3 is 0 Å². The van der Waals surface area contributed by atoms with Gasteiger partial charge in [-0.1, -0.05) is 18.2 Å². The van der Waals surface area contributed by atoms with E-state index in [9.17, 15) is 13.2 Å². The number of hydrogen-bond acceptors (Lipinski definition) is 4. The van der Waals surface area contributed by atoms with Crippen LogP contribution in [0, 0.1) is 0 Å². The second-order valence-corrected chi connectivity index (χ2v) is 7.71. The summed E-state index contributed by atoms with van der Waals surface area (Å²) in [6.45, 7) is 1.67. The number of rotatable bonds is 5. The summed E-state index contributed by atoms with van der Waals surface area (Å²) in [4.78, 5) is 14.3. The molecule has 1 unspecified atom stereocenters. The van der Waals surface area contributed by atoms with Crippen LogP contribution in [0.2, 0.25) is 0 Å². The third kappa shape index (κ3) is 3.52. The van der Waals surface area contributed by atoms with Crippen molar-refractivity contribution in [2.75, 3.05) is 18.6 Å². The fraction of sp³-hybridized carbons (Fsp3) is 0.278. The molecule has 0 aromatic heterocycles. The van der Waals surface area contributed by atoms with Crippen molar-refractivity contribution in [2.45, 2.75) is 24.3 Å². The summed E-state index contributed by atoms with van der Waals surface area (Å²) in [6.07, 6.45) is 0.771. The number of amides is 1. The Labute approximate surface area is 147 Å². The van der Waals surface area contributed by atoms with Crippen molar-refractivity contribution < 1.29 is 17.9 Å². The average Bonchev–Trinajstić information content (AvgIpc) is 2.95. The number of sulfonamides is 1. The molecule has 2 aromatic rings. The number of carbonyl (C=O) groups excluding carboxylic acids is 1. The molecule has 0 aliphatic carbocycles. The minimum absolute atomic E-state index is 0.00962. The van der Waals surface area contributed by atoms with Gasteiger partial charge in [-0.05, 0) is 49.2 Å². The Morgan fingerprint density at radius 1 is 1.20 bits per heavy atom. The van der Waals surface area contributed by atoms with Gasteiger partial charge in [0, 0.05) is 11.7 Å².